The molecule has 2 aromatic heterocycles. The van der Waals surface area contributed by atoms with E-state index in [1.54, 1.807) is 17.7 Å². The van der Waals surface area contributed by atoms with Crippen LogP contribution in [0, 0.1) is 0 Å². The maximum Gasteiger partial charge on any atom is 0.416 e. The number of nitrogens with one attached hydrogen (secondary N) is 2. The van der Waals surface area contributed by atoms with E-state index in [1.807, 2.05) is 0 Å². The number of fused-ring (bicyclic) bond motifs is 3. The normalized spacial score (nSPS) is 15.2. The van der Waals surface area contributed by atoms with Crippen molar-refractivity contribution in [2.75, 3.05) is 11.1 Å². The number of halogens is 3. The Morgan fingerprint density at radius 2 is 2.08 bits per heavy atom. The lowest BCUT2D eigenvalue weighted by Gasteiger charge is -2.19. The molecular formula is C16H16F3N7. The Morgan fingerprint density at radius 3 is 2.85 bits per heavy atom. The zero-order chi connectivity index (χ0) is 18.5. The topological polar surface area (TPSA) is 93.2 Å². The van der Waals surface area contributed by atoms with Gasteiger partial charge >= 0.3 is 6.18 Å². The highest BCUT2D eigenvalue weighted by atomic mass is 19.4. The Labute approximate surface area is 146 Å². The Bertz CT molecular complexity index is 980. The summed E-state index contributed by atoms with van der Waals surface area (Å²) in [5.41, 5.74) is 7.32. The molecule has 4 rings (SSSR count). The van der Waals surface area contributed by atoms with Crippen LogP contribution in [0.5, 0.6) is 0 Å². The highest BCUT2D eigenvalue weighted by Crippen LogP contribution is 2.34. The summed E-state index contributed by atoms with van der Waals surface area (Å²) in [5.74, 6) is 1.01. The number of benzene rings is 1. The van der Waals surface area contributed by atoms with Gasteiger partial charge in [0.25, 0.3) is 5.78 Å². The van der Waals surface area contributed by atoms with Crippen LogP contribution < -0.4 is 16.4 Å². The summed E-state index contributed by atoms with van der Waals surface area (Å²) >= 11 is 0. The summed E-state index contributed by atoms with van der Waals surface area (Å²) in [7, 11) is 0. The summed E-state index contributed by atoms with van der Waals surface area (Å²) in [6.45, 7) is 3.02. The monoisotopic (exact) mass is 363 g/mol. The van der Waals surface area contributed by atoms with Gasteiger partial charge in [-0.1, -0.05) is 0 Å². The smallest absolute Gasteiger partial charge is 0.399 e. The molecule has 10 heteroatoms. The second-order valence-corrected chi connectivity index (χ2v) is 6.24. The van der Waals surface area contributed by atoms with Crippen molar-refractivity contribution in [3.63, 3.8) is 0 Å². The fourth-order valence-corrected chi connectivity index (χ4v) is 3.13. The van der Waals surface area contributed by atoms with E-state index in [0.717, 1.165) is 23.4 Å². The molecule has 1 aromatic carbocycles. The molecule has 26 heavy (non-hydrogen) atoms. The third-order valence-corrected chi connectivity index (χ3v) is 4.42. The van der Waals surface area contributed by atoms with Gasteiger partial charge < -0.3 is 16.4 Å². The maximum absolute atomic E-state index is 13.0. The van der Waals surface area contributed by atoms with Crippen LogP contribution in [0.3, 0.4) is 0 Å². The molecule has 1 aliphatic heterocycles. The first kappa shape index (κ1) is 16.6. The van der Waals surface area contributed by atoms with Crippen LogP contribution >= 0.6 is 0 Å². The van der Waals surface area contributed by atoms with Gasteiger partial charge in [0.15, 0.2) is 0 Å². The Morgan fingerprint density at radius 1 is 1.27 bits per heavy atom. The second-order valence-electron chi connectivity index (χ2n) is 6.24. The van der Waals surface area contributed by atoms with E-state index >= 15 is 0 Å². The van der Waals surface area contributed by atoms with Crippen molar-refractivity contribution in [2.45, 2.75) is 32.2 Å². The molecule has 0 saturated carbocycles. The van der Waals surface area contributed by atoms with E-state index in [2.05, 4.69) is 25.8 Å². The van der Waals surface area contributed by atoms with Crippen LogP contribution in [0.4, 0.5) is 24.7 Å². The summed E-state index contributed by atoms with van der Waals surface area (Å²) in [6.07, 6.45) is -2.86. The molecule has 1 atom stereocenters. The van der Waals surface area contributed by atoms with Gasteiger partial charge in [-0.05, 0) is 30.7 Å². The first-order chi connectivity index (χ1) is 12.3. The van der Waals surface area contributed by atoms with Crippen LogP contribution in [-0.2, 0) is 19.3 Å². The summed E-state index contributed by atoms with van der Waals surface area (Å²) in [5, 5.41) is 14.3. The molecule has 0 spiro atoms. The molecule has 0 aliphatic carbocycles. The molecule has 136 valence electrons. The van der Waals surface area contributed by atoms with Crippen LogP contribution in [0.2, 0.25) is 0 Å². The number of anilines is 2. The highest BCUT2D eigenvalue weighted by Gasteiger charge is 2.31. The van der Waals surface area contributed by atoms with Gasteiger partial charge in [0.2, 0.25) is 0 Å². The zero-order valence-corrected chi connectivity index (χ0v) is 13.8. The van der Waals surface area contributed by atoms with E-state index < -0.39 is 17.8 Å². The largest absolute Gasteiger partial charge is 0.416 e. The highest BCUT2D eigenvalue weighted by molar-refractivity contribution is 5.55. The first-order valence-electron chi connectivity index (χ1n) is 7.99. The molecule has 3 heterocycles. The van der Waals surface area contributed by atoms with Crippen molar-refractivity contribution in [3.8, 4) is 0 Å². The first-order valence-corrected chi connectivity index (χ1v) is 7.99. The molecule has 1 aliphatic rings. The van der Waals surface area contributed by atoms with Gasteiger partial charge in [0.1, 0.15) is 12.1 Å². The fraction of sp³-hybridized carbons (Fsp3) is 0.312. The van der Waals surface area contributed by atoms with Crippen LogP contribution in [0.25, 0.3) is 5.78 Å². The number of nitrogen functional groups attached to an aromatic ring is 1. The molecule has 7 nitrogen and oxygen atoms in total. The lowest BCUT2D eigenvalue weighted by molar-refractivity contribution is -0.137. The van der Waals surface area contributed by atoms with Crippen molar-refractivity contribution in [3.05, 3.63) is 46.9 Å². The van der Waals surface area contributed by atoms with Gasteiger partial charge in [-0.2, -0.15) is 18.2 Å². The minimum absolute atomic E-state index is 0.0660. The fourth-order valence-electron chi connectivity index (χ4n) is 3.13. The Hall–Kier alpha value is -2.88. The molecule has 0 radical (unpaired) electrons. The third-order valence-electron chi connectivity index (χ3n) is 4.42. The van der Waals surface area contributed by atoms with Gasteiger partial charge in [-0.3, -0.25) is 4.40 Å². The summed E-state index contributed by atoms with van der Waals surface area (Å²) in [4.78, 5) is 4.45. The van der Waals surface area contributed by atoms with Crippen molar-refractivity contribution in [1.82, 2.24) is 24.9 Å². The molecule has 0 bridgehead atoms. The maximum atomic E-state index is 13.0. The number of aromatic nitrogens is 4. The minimum atomic E-state index is -4.45. The van der Waals surface area contributed by atoms with Crippen molar-refractivity contribution in [2.24, 2.45) is 0 Å². The third kappa shape index (κ3) is 2.81. The number of rotatable bonds is 3. The summed E-state index contributed by atoms with van der Waals surface area (Å²) < 4.78 is 40.9. The van der Waals surface area contributed by atoms with Gasteiger partial charge in [-0.15, -0.1) is 10.2 Å². The predicted octanol–water partition coefficient (Wildman–Crippen LogP) is 2.50. The van der Waals surface area contributed by atoms with E-state index in [-0.39, 0.29) is 5.69 Å². The average molecular weight is 363 g/mol. The zero-order valence-electron chi connectivity index (χ0n) is 13.8. The molecule has 3 aromatic rings. The lowest BCUT2D eigenvalue weighted by Crippen LogP contribution is -2.14. The molecule has 4 N–H and O–H groups in total. The van der Waals surface area contributed by atoms with Gasteiger partial charge in [-0.25, -0.2) is 0 Å². The van der Waals surface area contributed by atoms with Crippen molar-refractivity contribution in [1.29, 1.82) is 0 Å². The number of alkyl halides is 3. The minimum Gasteiger partial charge on any atom is -0.399 e. The Kier molecular flexibility index (Phi) is 3.72. The quantitative estimate of drug-likeness (QED) is 0.619. The second kappa shape index (κ2) is 5.84. The number of nitrogens with two attached hydrogens (primary N) is 1. The van der Waals surface area contributed by atoms with Crippen LogP contribution in [-0.4, -0.2) is 19.6 Å². The lowest BCUT2D eigenvalue weighted by atomic mass is 10.0. The van der Waals surface area contributed by atoms with E-state index in [9.17, 15) is 13.2 Å². The number of hydrogen-bond donors (Lipinski definition) is 3. The van der Waals surface area contributed by atoms with Crippen molar-refractivity contribution >= 4 is 17.3 Å². The van der Waals surface area contributed by atoms with Crippen molar-refractivity contribution < 1.29 is 13.2 Å². The molecule has 0 unspecified atom stereocenters. The summed E-state index contributed by atoms with van der Waals surface area (Å²) in [6, 6.07) is 3.13. The van der Waals surface area contributed by atoms with Gasteiger partial charge in [0.05, 0.1) is 11.6 Å². The molecule has 0 amide bonds. The van der Waals surface area contributed by atoms with Crippen LogP contribution in [0.15, 0.2) is 24.5 Å². The van der Waals surface area contributed by atoms with E-state index in [0.29, 0.717) is 30.2 Å². The SMILES string of the molecule is C[C@@H](Nc1nc2nncn2c2c1CNC2)c1cc(N)cc(C(F)(F)F)c1. The Balaban J connectivity index is 1.70. The van der Waals surface area contributed by atoms with E-state index in [1.165, 1.54) is 6.07 Å². The standard InChI is InChI=1S/C16H16F3N7/c1-8(9-2-10(16(17,18)19)4-11(20)3-9)23-14-12-5-21-6-13(12)26-7-22-25-15(26)24-14/h2-4,7-8,21H,5-6,20H2,1H3,(H,23,24,25)/t8-/m1/s1. The van der Waals surface area contributed by atoms with Gasteiger partial charge in [0, 0.05) is 30.0 Å². The number of hydrogen-bond acceptors (Lipinski definition) is 6. The van der Waals surface area contributed by atoms with Crippen LogP contribution in [0.1, 0.15) is 35.3 Å². The average Bonchev–Trinajstić information content (AvgIpc) is 3.21. The molecule has 0 saturated heterocycles. The van der Waals surface area contributed by atoms with E-state index in [4.69, 9.17) is 5.73 Å². The number of nitrogens with zero attached hydrogens (tertiary/aromatic N) is 4. The molecular weight excluding hydrogens is 347 g/mol. The predicted molar refractivity (Wildman–Crippen MR) is 89.2 cm³/mol. The molecule has 0 fully saturated rings.